The van der Waals surface area contributed by atoms with Gasteiger partial charge in [-0.05, 0) is 18.1 Å². The van der Waals surface area contributed by atoms with Gasteiger partial charge in [-0.15, -0.1) is 0 Å². The van der Waals surface area contributed by atoms with Crippen molar-refractivity contribution in [2.45, 2.75) is 51.9 Å². The lowest BCUT2D eigenvalue weighted by atomic mass is 9.54. The second-order valence-corrected chi connectivity index (χ2v) is 7.58. The molecule has 6 heteroatoms. The highest BCUT2D eigenvalue weighted by molar-refractivity contribution is 5.88. The molecule has 6 nitrogen and oxygen atoms in total. The summed E-state index contributed by atoms with van der Waals surface area (Å²) in [4.78, 5) is 16.7. The molecule has 0 saturated heterocycles. The van der Waals surface area contributed by atoms with Crippen molar-refractivity contribution in [1.82, 2.24) is 14.9 Å². The normalized spacial score (nSPS) is 24.1. The molecule has 1 heterocycles. The number of hydrogen-bond acceptors (Lipinski definition) is 4. The van der Waals surface area contributed by atoms with Gasteiger partial charge in [-0.1, -0.05) is 38.1 Å². The second kappa shape index (κ2) is 7.21. The molecule has 3 N–H and O–H groups in total. The summed E-state index contributed by atoms with van der Waals surface area (Å²) in [6, 6.07) is 8.20. The number of nitrogens with zero attached hydrogens (tertiary/aromatic N) is 2. The predicted octanol–water partition coefficient (Wildman–Crippen LogP) is 2.08. The Kier molecular flexibility index (Phi) is 5.16. The predicted molar refractivity (Wildman–Crippen MR) is 100 cm³/mol. The third-order valence-corrected chi connectivity index (χ3v) is 5.64. The molecule has 0 radical (unpaired) electrons. The number of benzene rings is 1. The molecule has 26 heavy (non-hydrogen) atoms. The number of rotatable bonds is 7. The van der Waals surface area contributed by atoms with Crippen LogP contribution in [-0.2, 0) is 22.6 Å². The monoisotopic (exact) mass is 356 g/mol. The molecule has 140 valence electrons. The molecule has 1 amide bonds. The van der Waals surface area contributed by atoms with Gasteiger partial charge in [-0.3, -0.25) is 4.79 Å². The number of imidazole rings is 1. The largest absolute Gasteiger partial charge is 0.378 e. The van der Waals surface area contributed by atoms with Crippen molar-refractivity contribution in [2.75, 3.05) is 6.61 Å². The van der Waals surface area contributed by atoms with Crippen LogP contribution in [-0.4, -0.2) is 33.7 Å². The van der Waals surface area contributed by atoms with Gasteiger partial charge in [0, 0.05) is 43.9 Å². The van der Waals surface area contributed by atoms with Crippen LogP contribution in [0.4, 0.5) is 0 Å². The summed E-state index contributed by atoms with van der Waals surface area (Å²) in [6.07, 6.45) is 6.09. The fourth-order valence-electron chi connectivity index (χ4n) is 3.51. The number of ether oxygens (including phenoxy) is 1. The van der Waals surface area contributed by atoms with Crippen LogP contribution in [0.2, 0.25) is 0 Å². The number of carbonyl (C=O) groups is 1. The van der Waals surface area contributed by atoms with Crippen molar-refractivity contribution in [2.24, 2.45) is 11.1 Å². The number of nitrogens with one attached hydrogen (secondary N) is 1. The van der Waals surface area contributed by atoms with Crippen molar-refractivity contribution in [3.05, 3.63) is 54.1 Å². The lowest BCUT2D eigenvalue weighted by molar-refractivity contribution is -0.170. The molecular weight excluding hydrogens is 328 g/mol. The number of hydrogen-bond donors (Lipinski definition) is 2. The highest BCUT2D eigenvalue weighted by Crippen LogP contribution is 2.49. The van der Waals surface area contributed by atoms with Crippen molar-refractivity contribution >= 4 is 5.91 Å². The highest BCUT2D eigenvalue weighted by atomic mass is 16.5. The van der Waals surface area contributed by atoms with E-state index in [1.807, 2.05) is 43.7 Å². The maximum Gasteiger partial charge on any atom is 0.241 e. The van der Waals surface area contributed by atoms with Crippen molar-refractivity contribution in [3.63, 3.8) is 0 Å². The summed E-state index contributed by atoms with van der Waals surface area (Å²) in [5, 5.41) is 2.99. The van der Waals surface area contributed by atoms with Gasteiger partial charge in [0.2, 0.25) is 5.91 Å². The van der Waals surface area contributed by atoms with E-state index in [1.165, 1.54) is 5.56 Å². The van der Waals surface area contributed by atoms with E-state index in [0.717, 1.165) is 12.1 Å². The van der Waals surface area contributed by atoms with Gasteiger partial charge in [0.1, 0.15) is 5.54 Å². The van der Waals surface area contributed by atoms with E-state index in [9.17, 15) is 4.79 Å². The van der Waals surface area contributed by atoms with E-state index in [1.54, 1.807) is 12.5 Å². The summed E-state index contributed by atoms with van der Waals surface area (Å²) in [5.74, 6) is -0.110. The molecule has 0 spiro atoms. The molecule has 3 rings (SSSR count). The highest BCUT2D eigenvalue weighted by Gasteiger charge is 2.62. The maximum absolute atomic E-state index is 12.7. The molecule has 2 atom stereocenters. The molecule has 2 aromatic rings. The Balaban J connectivity index is 1.55. The first-order valence-electron chi connectivity index (χ1n) is 9.09. The van der Waals surface area contributed by atoms with E-state index < -0.39 is 5.54 Å². The van der Waals surface area contributed by atoms with Crippen LogP contribution in [0.15, 0.2) is 43.0 Å². The fraction of sp³-hybridized carbons (Fsp3) is 0.500. The second-order valence-electron chi connectivity index (χ2n) is 7.58. The Hall–Kier alpha value is -2.18. The van der Waals surface area contributed by atoms with E-state index in [-0.39, 0.29) is 17.4 Å². The lowest BCUT2D eigenvalue weighted by Crippen LogP contribution is -2.75. The summed E-state index contributed by atoms with van der Waals surface area (Å²) in [5.41, 5.74) is 7.39. The summed E-state index contributed by atoms with van der Waals surface area (Å²) >= 11 is 0. The Bertz CT molecular complexity index is 740. The SMILES string of the molecule is CCOC1CC(N)(C(=O)NCc2ccc(Cn3ccnc3)cc2)C1(C)C. The minimum atomic E-state index is -0.881. The van der Waals surface area contributed by atoms with E-state index in [4.69, 9.17) is 10.5 Å². The first-order chi connectivity index (χ1) is 12.4. The molecular formula is C20H28N4O2. The van der Waals surface area contributed by atoms with Gasteiger partial charge in [-0.25, -0.2) is 4.98 Å². The molecule has 0 bridgehead atoms. The number of amides is 1. The standard InChI is InChI=1S/C20H28N4O2/c1-4-26-17-11-20(21,19(17,2)3)18(25)23-12-15-5-7-16(8-6-15)13-24-10-9-22-14-24/h5-10,14,17H,4,11-13,21H2,1-3H3,(H,23,25). The average molecular weight is 356 g/mol. The van der Waals surface area contributed by atoms with Gasteiger partial charge >= 0.3 is 0 Å². The minimum absolute atomic E-state index is 0.0331. The van der Waals surface area contributed by atoms with Gasteiger partial charge in [0.15, 0.2) is 0 Å². The van der Waals surface area contributed by atoms with Gasteiger partial charge in [-0.2, -0.15) is 0 Å². The van der Waals surface area contributed by atoms with Crippen LogP contribution < -0.4 is 11.1 Å². The first kappa shape index (κ1) is 18.6. The molecule has 1 aromatic carbocycles. The quantitative estimate of drug-likeness (QED) is 0.796. The van der Waals surface area contributed by atoms with Crippen molar-refractivity contribution in [1.29, 1.82) is 0 Å². The maximum atomic E-state index is 12.7. The van der Waals surface area contributed by atoms with Gasteiger partial charge in [0.05, 0.1) is 12.4 Å². The Morgan fingerprint density at radius 1 is 1.35 bits per heavy atom. The average Bonchev–Trinajstić information content (AvgIpc) is 3.13. The van der Waals surface area contributed by atoms with E-state index in [0.29, 0.717) is 19.6 Å². The van der Waals surface area contributed by atoms with Gasteiger partial charge < -0.3 is 20.4 Å². The molecule has 1 aliphatic carbocycles. The van der Waals surface area contributed by atoms with Crippen LogP contribution in [0.25, 0.3) is 0 Å². The van der Waals surface area contributed by atoms with Crippen LogP contribution in [0.5, 0.6) is 0 Å². The molecule has 2 unspecified atom stereocenters. The van der Waals surface area contributed by atoms with E-state index in [2.05, 4.69) is 22.4 Å². The lowest BCUT2D eigenvalue weighted by Gasteiger charge is -2.57. The van der Waals surface area contributed by atoms with Crippen LogP contribution in [0.3, 0.4) is 0 Å². The summed E-state index contributed by atoms with van der Waals surface area (Å²) < 4.78 is 7.71. The Labute approximate surface area is 154 Å². The zero-order valence-corrected chi connectivity index (χ0v) is 15.7. The zero-order chi connectivity index (χ0) is 18.8. The van der Waals surface area contributed by atoms with Crippen molar-refractivity contribution < 1.29 is 9.53 Å². The van der Waals surface area contributed by atoms with Crippen molar-refractivity contribution in [3.8, 4) is 0 Å². The van der Waals surface area contributed by atoms with Gasteiger partial charge in [0.25, 0.3) is 0 Å². The number of carbonyl (C=O) groups excluding carboxylic acids is 1. The van der Waals surface area contributed by atoms with E-state index >= 15 is 0 Å². The molecule has 1 saturated carbocycles. The topological polar surface area (TPSA) is 82.2 Å². The van der Waals surface area contributed by atoms with Crippen LogP contribution >= 0.6 is 0 Å². The molecule has 0 aliphatic heterocycles. The molecule has 1 aliphatic rings. The zero-order valence-electron chi connectivity index (χ0n) is 15.7. The third-order valence-electron chi connectivity index (χ3n) is 5.64. The minimum Gasteiger partial charge on any atom is -0.378 e. The number of nitrogens with two attached hydrogens (primary N) is 1. The molecule has 1 aromatic heterocycles. The summed E-state index contributed by atoms with van der Waals surface area (Å²) in [6.45, 7) is 7.85. The summed E-state index contributed by atoms with van der Waals surface area (Å²) in [7, 11) is 0. The Morgan fingerprint density at radius 3 is 2.62 bits per heavy atom. The Morgan fingerprint density at radius 2 is 2.04 bits per heavy atom. The fourth-order valence-corrected chi connectivity index (χ4v) is 3.51. The number of aromatic nitrogens is 2. The van der Waals surface area contributed by atoms with Crippen LogP contribution in [0.1, 0.15) is 38.3 Å². The third kappa shape index (κ3) is 3.39. The first-order valence-corrected chi connectivity index (χ1v) is 9.09. The van der Waals surface area contributed by atoms with Crippen LogP contribution in [0, 0.1) is 5.41 Å². The smallest absolute Gasteiger partial charge is 0.241 e. The molecule has 1 fully saturated rings.